The minimum absolute atomic E-state index is 0.0353. The number of tetrazole rings is 1. The summed E-state index contributed by atoms with van der Waals surface area (Å²) < 4.78 is 20.9. The molecule has 8 heteroatoms. The standard InChI is InChI=1S/C17H16FN5O2/c1-12(25-10-13-5-3-2-4-6-13)17(24)20-16-9-14(7-8-15(16)18)23-11-19-21-22-23/h2-9,11-12H,10H2,1H3,(H,20,24). The van der Waals surface area contributed by atoms with Gasteiger partial charge in [-0.2, -0.15) is 0 Å². The Bertz CT molecular complexity index is 840. The molecule has 1 N–H and O–H groups in total. The number of carbonyl (C=O) groups excluding carboxylic acids is 1. The number of carbonyl (C=O) groups is 1. The lowest BCUT2D eigenvalue weighted by Crippen LogP contribution is -2.28. The van der Waals surface area contributed by atoms with Crippen LogP contribution in [0, 0.1) is 5.82 Å². The quantitative estimate of drug-likeness (QED) is 0.744. The van der Waals surface area contributed by atoms with E-state index in [-0.39, 0.29) is 5.69 Å². The molecule has 0 radical (unpaired) electrons. The van der Waals surface area contributed by atoms with Crippen molar-refractivity contribution in [1.29, 1.82) is 0 Å². The molecule has 1 unspecified atom stereocenters. The van der Waals surface area contributed by atoms with E-state index in [1.54, 1.807) is 6.92 Å². The van der Waals surface area contributed by atoms with Crippen molar-refractivity contribution >= 4 is 11.6 Å². The highest BCUT2D eigenvalue weighted by atomic mass is 19.1. The largest absolute Gasteiger partial charge is 0.364 e. The molecular formula is C17H16FN5O2. The molecule has 0 aliphatic carbocycles. The molecule has 1 aromatic heterocycles. The van der Waals surface area contributed by atoms with Crippen molar-refractivity contribution in [3.05, 3.63) is 66.2 Å². The van der Waals surface area contributed by atoms with Gasteiger partial charge < -0.3 is 10.1 Å². The van der Waals surface area contributed by atoms with Crippen molar-refractivity contribution in [2.24, 2.45) is 0 Å². The first-order valence-electron chi connectivity index (χ1n) is 7.63. The van der Waals surface area contributed by atoms with Gasteiger partial charge in [0.15, 0.2) is 0 Å². The normalized spacial score (nSPS) is 11.9. The van der Waals surface area contributed by atoms with Crippen molar-refractivity contribution in [3.63, 3.8) is 0 Å². The van der Waals surface area contributed by atoms with Crippen LogP contribution in [0.1, 0.15) is 12.5 Å². The number of benzene rings is 2. The van der Waals surface area contributed by atoms with Gasteiger partial charge in [-0.3, -0.25) is 4.79 Å². The predicted octanol–water partition coefficient (Wildman–Crippen LogP) is 2.35. The predicted molar refractivity (Wildman–Crippen MR) is 88.4 cm³/mol. The van der Waals surface area contributed by atoms with Crippen molar-refractivity contribution < 1.29 is 13.9 Å². The lowest BCUT2D eigenvalue weighted by molar-refractivity contribution is -0.127. The highest BCUT2D eigenvalue weighted by Crippen LogP contribution is 2.19. The van der Waals surface area contributed by atoms with Gasteiger partial charge in [0, 0.05) is 0 Å². The van der Waals surface area contributed by atoms with Gasteiger partial charge in [0.05, 0.1) is 18.0 Å². The molecule has 2 aromatic carbocycles. The van der Waals surface area contributed by atoms with Gasteiger partial charge in [0.1, 0.15) is 18.2 Å². The summed E-state index contributed by atoms with van der Waals surface area (Å²) in [5, 5.41) is 13.3. The highest BCUT2D eigenvalue weighted by Gasteiger charge is 2.16. The third kappa shape index (κ3) is 4.24. The maximum absolute atomic E-state index is 14.0. The molecule has 0 aliphatic rings. The van der Waals surface area contributed by atoms with Crippen LogP contribution in [0.3, 0.4) is 0 Å². The number of aromatic nitrogens is 4. The van der Waals surface area contributed by atoms with Crippen LogP contribution in [-0.2, 0) is 16.1 Å². The first-order chi connectivity index (χ1) is 12.1. The molecule has 0 saturated carbocycles. The Morgan fingerprint density at radius 3 is 2.80 bits per heavy atom. The molecule has 1 heterocycles. The molecule has 0 fully saturated rings. The van der Waals surface area contributed by atoms with E-state index in [4.69, 9.17) is 4.74 Å². The number of nitrogens with one attached hydrogen (secondary N) is 1. The van der Waals surface area contributed by atoms with Crippen LogP contribution in [-0.4, -0.2) is 32.2 Å². The lowest BCUT2D eigenvalue weighted by atomic mass is 10.2. The first kappa shape index (κ1) is 16.7. The number of amides is 1. The first-order valence-corrected chi connectivity index (χ1v) is 7.63. The van der Waals surface area contributed by atoms with Gasteiger partial charge in [-0.1, -0.05) is 30.3 Å². The van der Waals surface area contributed by atoms with Crippen LogP contribution in [0.25, 0.3) is 5.69 Å². The molecule has 1 amide bonds. The SMILES string of the molecule is CC(OCc1ccccc1)C(=O)Nc1cc(-n2cnnn2)ccc1F. The number of nitrogens with zero attached hydrogens (tertiary/aromatic N) is 4. The van der Waals surface area contributed by atoms with Gasteiger partial charge in [0.25, 0.3) is 5.91 Å². The minimum atomic E-state index is -0.740. The Hall–Kier alpha value is -3.13. The number of halogens is 1. The number of ether oxygens (including phenoxy) is 1. The Kier molecular flexibility index (Phi) is 5.10. The smallest absolute Gasteiger partial charge is 0.253 e. The van der Waals surface area contributed by atoms with Crippen LogP contribution in [0.2, 0.25) is 0 Å². The summed E-state index contributed by atoms with van der Waals surface area (Å²) in [4.78, 5) is 12.2. The van der Waals surface area contributed by atoms with Crippen LogP contribution in [0.4, 0.5) is 10.1 Å². The van der Waals surface area contributed by atoms with E-state index in [0.29, 0.717) is 12.3 Å². The molecule has 3 rings (SSSR count). The fourth-order valence-corrected chi connectivity index (χ4v) is 2.14. The van der Waals surface area contributed by atoms with Gasteiger partial charge in [-0.25, -0.2) is 9.07 Å². The summed E-state index contributed by atoms with van der Waals surface area (Å²) in [6, 6.07) is 13.7. The minimum Gasteiger partial charge on any atom is -0.364 e. The summed E-state index contributed by atoms with van der Waals surface area (Å²) >= 11 is 0. The Morgan fingerprint density at radius 2 is 2.08 bits per heavy atom. The second-order valence-electron chi connectivity index (χ2n) is 5.35. The molecule has 7 nitrogen and oxygen atoms in total. The maximum Gasteiger partial charge on any atom is 0.253 e. The fraction of sp³-hybridized carbons (Fsp3) is 0.176. The van der Waals surface area contributed by atoms with Crippen molar-refractivity contribution in [2.75, 3.05) is 5.32 Å². The third-order valence-electron chi connectivity index (χ3n) is 3.53. The summed E-state index contributed by atoms with van der Waals surface area (Å²) in [6.07, 6.45) is 0.640. The Morgan fingerprint density at radius 1 is 1.28 bits per heavy atom. The monoisotopic (exact) mass is 341 g/mol. The zero-order chi connectivity index (χ0) is 17.6. The average Bonchev–Trinajstić information content (AvgIpc) is 3.17. The number of hydrogen-bond donors (Lipinski definition) is 1. The van der Waals surface area contributed by atoms with E-state index in [2.05, 4.69) is 20.8 Å². The second kappa shape index (κ2) is 7.63. The van der Waals surface area contributed by atoms with E-state index in [0.717, 1.165) is 5.56 Å². The summed E-state index contributed by atoms with van der Waals surface area (Å²) in [5.41, 5.74) is 1.52. The van der Waals surface area contributed by atoms with Gasteiger partial charge in [-0.15, -0.1) is 5.10 Å². The molecule has 0 bridgehead atoms. The van der Waals surface area contributed by atoms with E-state index in [9.17, 15) is 9.18 Å². The molecule has 0 spiro atoms. The highest BCUT2D eigenvalue weighted by molar-refractivity contribution is 5.94. The van der Waals surface area contributed by atoms with Gasteiger partial charge >= 0.3 is 0 Å². The summed E-state index contributed by atoms with van der Waals surface area (Å²) in [6.45, 7) is 1.91. The fourth-order valence-electron chi connectivity index (χ4n) is 2.14. The Balaban J connectivity index is 1.64. The van der Waals surface area contributed by atoms with Crippen molar-refractivity contribution in [2.45, 2.75) is 19.6 Å². The van der Waals surface area contributed by atoms with Gasteiger partial charge in [-0.05, 0) is 41.1 Å². The van der Waals surface area contributed by atoms with Crippen LogP contribution in [0.5, 0.6) is 0 Å². The van der Waals surface area contributed by atoms with Gasteiger partial charge in [0.2, 0.25) is 0 Å². The molecule has 1 atom stereocenters. The second-order valence-corrected chi connectivity index (χ2v) is 5.35. The van der Waals surface area contributed by atoms with Crippen LogP contribution >= 0.6 is 0 Å². The third-order valence-corrected chi connectivity index (χ3v) is 3.53. The van der Waals surface area contributed by atoms with Crippen molar-refractivity contribution in [1.82, 2.24) is 20.2 Å². The number of anilines is 1. The van der Waals surface area contributed by atoms with E-state index in [1.807, 2.05) is 30.3 Å². The topological polar surface area (TPSA) is 81.9 Å². The zero-order valence-corrected chi connectivity index (χ0v) is 13.5. The summed E-state index contributed by atoms with van der Waals surface area (Å²) in [5.74, 6) is -0.996. The Labute approximate surface area is 143 Å². The molecule has 25 heavy (non-hydrogen) atoms. The summed E-state index contributed by atoms with van der Waals surface area (Å²) in [7, 11) is 0. The molecule has 0 saturated heterocycles. The lowest BCUT2D eigenvalue weighted by Gasteiger charge is -2.14. The van der Waals surface area contributed by atoms with E-state index in [1.165, 1.54) is 29.2 Å². The molecule has 3 aromatic rings. The number of rotatable bonds is 6. The van der Waals surface area contributed by atoms with E-state index >= 15 is 0 Å². The molecule has 0 aliphatic heterocycles. The molecular weight excluding hydrogens is 325 g/mol. The van der Waals surface area contributed by atoms with Crippen molar-refractivity contribution in [3.8, 4) is 5.69 Å². The number of hydrogen-bond acceptors (Lipinski definition) is 5. The zero-order valence-electron chi connectivity index (χ0n) is 13.5. The van der Waals surface area contributed by atoms with E-state index < -0.39 is 17.8 Å². The molecule has 128 valence electrons. The van der Waals surface area contributed by atoms with Crippen LogP contribution in [0.15, 0.2) is 54.9 Å². The van der Waals surface area contributed by atoms with Crippen LogP contribution < -0.4 is 5.32 Å². The maximum atomic E-state index is 14.0. The average molecular weight is 341 g/mol.